The van der Waals surface area contributed by atoms with Crippen LogP contribution >= 0.6 is 0 Å². The van der Waals surface area contributed by atoms with Gasteiger partial charge < -0.3 is 39.1 Å². The first-order valence-electron chi connectivity index (χ1n) is 14.2. The van der Waals surface area contributed by atoms with Gasteiger partial charge in [0.15, 0.2) is 23.0 Å². The van der Waals surface area contributed by atoms with E-state index >= 15 is 0 Å². The molecule has 0 unspecified atom stereocenters. The van der Waals surface area contributed by atoms with Gasteiger partial charge in [-0.15, -0.1) is 0 Å². The Balaban J connectivity index is 2.91. The van der Waals surface area contributed by atoms with Gasteiger partial charge in [0.25, 0.3) is 0 Å². The van der Waals surface area contributed by atoms with Gasteiger partial charge in [0.05, 0.1) is 49.9 Å². The van der Waals surface area contributed by atoms with Gasteiger partial charge in [0, 0.05) is 38.4 Å². The quantitative estimate of drug-likeness (QED) is 0.170. The van der Waals surface area contributed by atoms with Crippen molar-refractivity contribution in [2.45, 2.75) is 52.4 Å². The zero-order chi connectivity index (χ0) is 34.8. The molecule has 0 heterocycles. The lowest BCUT2D eigenvalue weighted by Crippen LogP contribution is -2.23. The summed E-state index contributed by atoms with van der Waals surface area (Å²) in [5.41, 5.74) is -0.483. The monoisotopic (exact) mass is 632 g/mol. The lowest BCUT2D eigenvalue weighted by Gasteiger charge is -2.28. The highest BCUT2D eigenvalue weighted by molar-refractivity contribution is 5.84. The molecule has 0 aliphatic rings. The Labute approximate surface area is 270 Å². The molecular weight excluding hydrogens is 592 g/mol. The zero-order valence-electron chi connectivity index (χ0n) is 28.0. The summed E-state index contributed by atoms with van der Waals surface area (Å²) in [6.07, 6.45) is -1.33. The molecule has 13 heteroatoms. The zero-order valence-corrected chi connectivity index (χ0v) is 28.0. The minimum atomic E-state index is -1.33. The molecule has 0 amide bonds. The second-order valence-electron chi connectivity index (χ2n) is 12.0. The molecule has 0 spiro atoms. The number of carbonyl (C=O) groups is 1. The molecule has 46 heavy (non-hydrogen) atoms. The Bertz CT molecular complexity index is 1510. The van der Waals surface area contributed by atoms with Crippen molar-refractivity contribution in [1.29, 1.82) is 21.0 Å². The van der Waals surface area contributed by atoms with E-state index in [0.717, 1.165) is 0 Å². The number of benzene rings is 2. The summed E-state index contributed by atoms with van der Waals surface area (Å²) in [4.78, 5) is 13.6. The van der Waals surface area contributed by atoms with Gasteiger partial charge in [-0.05, 0) is 10.8 Å². The average Bonchev–Trinajstić information content (AvgIpc) is 2.99. The van der Waals surface area contributed by atoms with Crippen molar-refractivity contribution < 1.29 is 33.2 Å². The van der Waals surface area contributed by atoms with Crippen LogP contribution in [-0.4, -0.2) is 60.9 Å². The maximum atomic E-state index is 13.6. The Morgan fingerprint density at radius 3 is 1.15 bits per heavy atom. The molecule has 2 rings (SSSR count). The number of hydrogen-bond acceptors (Lipinski definition) is 13. The highest BCUT2D eigenvalue weighted by atomic mass is 16.7. The second-order valence-corrected chi connectivity index (χ2v) is 12.0. The number of anilines is 2. The molecule has 0 fully saturated rings. The predicted octanol–water partition coefficient (Wildman–Crippen LogP) is 5.48. The van der Waals surface area contributed by atoms with Gasteiger partial charge in [0.2, 0.25) is 0 Å². The van der Waals surface area contributed by atoms with Gasteiger partial charge >= 0.3 is 6.16 Å². The van der Waals surface area contributed by atoms with E-state index in [1.807, 2.05) is 53.7 Å². The lowest BCUT2D eigenvalue weighted by molar-refractivity contribution is 0.148. The maximum Gasteiger partial charge on any atom is 0.519 e. The van der Waals surface area contributed by atoms with Crippen LogP contribution in [0.5, 0.6) is 23.0 Å². The van der Waals surface area contributed by atoms with Crippen LogP contribution in [0, 0.1) is 45.3 Å². The van der Waals surface area contributed by atoms with Gasteiger partial charge in [-0.1, -0.05) is 41.5 Å². The molecule has 244 valence electrons. The second kappa shape index (κ2) is 15.7. The molecule has 2 N–H and O–H groups in total. The third-order valence-corrected chi connectivity index (χ3v) is 6.76. The minimum absolute atomic E-state index is 0.0144. The van der Waals surface area contributed by atoms with Crippen LogP contribution in [0.4, 0.5) is 16.2 Å². The van der Waals surface area contributed by atoms with Gasteiger partial charge in [-0.3, -0.25) is 0 Å². The van der Waals surface area contributed by atoms with E-state index in [0.29, 0.717) is 11.1 Å². The summed E-state index contributed by atoms with van der Waals surface area (Å²) in [7, 11) is 5.67. The van der Waals surface area contributed by atoms with E-state index in [-0.39, 0.29) is 82.9 Å². The van der Waals surface area contributed by atoms with Crippen molar-refractivity contribution in [2.24, 2.45) is 0 Å². The summed E-state index contributed by atoms with van der Waals surface area (Å²) >= 11 is 0. The molecule has 2 aromatic rings. The molecule has 0 atom stereocenters. The predicted molar refractivity (Wildman–Crippen MR) is 170 cm³/mol. The number of methoxy groups -OCH3 is 4. The number of hydrogen-bond donors (Lipinski definition) is 2. The maximum absolute atomic E-state index is 13.6. The van der Waals surface area contributed by atoms with Crippen molar-refractivity contribution in [1.82, 2.24) is 0 Å². The molecule has 0 aliphatic carbocycles. The first kappa shape index (κ1) is 37.0. The van der Waals surface area contributed by atoms with Crippen LogP contribution in [0.1, 0.15) is 74.9 Å². The van der Waals surface area contributed by atoms with Gasteiger partial charge in [-0.25, -0.2) is 4.79 Å². The standard InChI is InChI=1S/C33H40N6O7/c1-32(2,3)23-19(15-34)25(38-11-13-41-7)21(17-36)27(29(23)43-9)45-31(40)46-28-22(18-37)26(39-12-14-42-8)20(16-35)24(30(28)44-10)33(4,5)6/h38-39H,11-14H2,1-10H3. The van der Waals surface area contributed by atoms with Crippen LogP contribution in [0.3, 0.4) is 0 Å². The van der Waals surface area contributed by atoms with E-state index in [1.54, 1.807) is 0 Å². The lowest BCUT2D eigenvalue weighted by atomic mass is 9.81. The normalized spacial score (nSPS) is 10.9. The van der Waals surface area contributed by atoms with Crippen LogP contribution in [0.25, 0.3) is 0 Å². The summed E-state index contributed by atoms with van der Waals surface area (Å²) in [5, 5.41) is 47.0. The largest absolute Gasteiger partial charge is 0.519 e. The van der Waals surface area contributed by atoms with Crippen molar-refractivity contribution in [3.63, 3.8) is 0 Å². The number of nitrogens with one attached hydrogen (secondary N) is 2. The number of ether oxygens (including phenoxy) is 6. The minimum Gasteiger partial charge on any atom is -0.492 e. The van der Waals surface area contributed by atoms with Gasteiger partial charge in [0.1, 0.15) is 35.4 Å². The number of nitrogens with zero attached hydrogens (tertiary/aromatic N) is 4. The van der Waals surface area contributed by atoms with Crippen molar-refractivity contribution >= 4 is 17.5 Å². The van der Waals surface area contributed by atoms with Crippen LogP contribution in [0.2, 0.25) is 0 Å². The molecule has 0 radical (unpaired) electrons. The molecule has 2 aromatic carbocycles. The van der Waals surface area contributed by atoms with Crippen LogP contribution < -0.4 is 29.6 Å². The SMILES string of the molecule is COCCNc1c(C#N)c(OC(=O)Oc2c(C#N)c(NCCOC)c(C#N)c(C(C)(C)C)c2OC)c(OC)c(C(C)(C)C)c1C#N. The van der Waals surface area contributed by atoms with E-state index < -0.39 is 17.0 Å². The van der Waals surface area contributed by atoms with E-state index in [1.165, 1.54) is 28.4 Å². The first-order valence-corrected chi connectivity index (χ1v) is 14.2. The van der Waals surface area contributed by atoms with Crippen LogP contribution in [-0.2, 0) is 20.3 Å². The highest BCUT2D eigenvalue weighted by Crippen LogP contribution is 2.49. The Kier molecular flexibility index (Phi) is 12.6. The third-order valence-electron chi connectivity index (χ3n) is 6.76. The molecule has 13 nitrogen and oxygen atoms in total. The molecule has 0 saturated carbocycles. The smallest absolute Gasteiger partial charge is 0.492 e. The number of nitriles is 4. The van der Waals surface area contributed by atoms with Crippen molar-refractivity contribution in [2.75, 3.05) is 65.4 Å². The van der Waals surface area contributed by atoms with Crippen molar-refractivity contribution in [3.8, 4) is 47.3 Å². The number of carbonyl (C=O) groups excluding carboxylic acids is 1. The molecule has 0 aliphatic heterocycles. The highest BCUT2D eigenvalue weighted by Gasteiger charge is 2.36. The summed E-state index contributed by atoms with van der Waals surface area (Å²) in [6.45, 7) is 12.0. The molecule has 0 bridgehead atoms. The van der Waals surface area contributed by atoms with E-state index in [2.05, 4.69) is 22.8 Å². The van der Waals surface area contributed by atoms with E-state index in [4.69, 9.17) is 28.4 Å². The van der Waals surface area contributed by atoms with Gasteiger partial charge in [-0.2, -0.15) is 21.0 Å². The summed E-state index contributed by atoms with van der Waals surface area (Å²) < 4.78 is 33.0. The Hall–Kier alpha value is -5.21. The first-order chi connectivity index (χ1) is 21.7. The molecule has 0 aromatic heterocycles. The third kappa shape index (κ3) is 7.71. The van der Waals surface area contributed by atoms with Crippen LogP contribution in [0.15, 0.2) is 0 Å². The fourth-order valence-electron chi connectivity index (χ4n) is 4.96. The molecular formula is C33H40N6O7. The fourth-order valence-corrected chi connectivity index (χ4v) is 4.96. The summed E-state index contributed by atoms with van der Waals surface area (Å²) in [5.74, 6) is -0.613. The van der Waals surface area contributed by atoms with E-state index in [9.17, 15) is 25.8 Å². The topological polar surface area (TPSA) is 192 Å². The number of rotatable bonds is 12. The fraction of sp³-hybridized carbons (Fsp3) is 0.485. The summed E-state index contributed by atoms with van der Waals surface area (Å²) in [6, 6.07) is 8.34. The Morgan fingerprint density at radius 2 is 0.913 bits per heavy atom. The Morgan fingerprint density at radius 1 is 0.587 bits per heavy atom. The average molecular weight is 633 g/mol. The van der Waals surface area contributed by atoms with Crippen molar-refractivity contribution in [3.05, 3.63) is 33.4 Å². The molecule has 0 saturated heterocycles.